The molecule has 1 aromatic heterocycles. The zero-order chi connectivity index (χ0) is 18.5. The minimum absolute atomic E-state index is 0.239. The van der Waals surface area contributed by atoms with Crippen LogP contribution in [0, 0.1) is 6.92 Å². The molecule has 2 N–H and O–H groups in total. The summed E-state index contributed by atoms with van der Waals surface area (Å²) in [5.74, 6) is 1.25. The van der Waals surface area contributed by atoms with Crippen molar-refractivity contribution in [1.29, 1.82) is 0 Å². The SMILES string of the molecule is COc1ccc(Cl)cc1Nc1ccc(NC(=O)c2ccc(C)cc2)nn1. The molecule has 7 heteroatoms. The summed E-state index contributed by atoms with van der Waals surface area (Å²) in [6.07, 6.45) is 0. The van der Waals surface area contributed by atoms with Crippen molar-refractivity contribution in [3.05, 3.63) is 70.7 Å². The van der Waals surface area contributed by atoms with Crippen LogP contribution in [-0.2, 0) is 0 Å². The van der Waals surface area contributed by atoms with Crippen LogP contribution < -0.4 is 15.4 Å². The van der Waals surface area contributed by atoms with Crippen LogP contribution in [0.3, 0.4) is 0 Å². The zero-order valence-corrected chi connectivity index (χ0v) is 15.0. The molecule has 0 fully saturated rings. The van der Waals surface area contributed by atoms with E-state index in [1.807, 2.05) is 19.1 Å². The molecule has 2 aromatic carbocycles. The number of amides is 1. The van der Waals surface area contributed by atoms with Gasteiger partial charge >= 0.3 is 0 Å². The van der Waals surface area contributed by atoms with E-state index in [2.05, 4.69) is 20.8 Å². The molecule has 132 valence electrons. The maximum absolute atomic E-state index is 12.2. The number of hydrogen-bond acceptors (Lipinski definition) is 5. The Balaban J connectivity index is 1.70. The number of anilines is 3. The number of rotatable bonds is 5. The minimum Gasteiger partial charge on any atom is -0.495 e. The van der Waals surface area contributed by atoms with Crippen LogP contribution in [-0.4, -0.2) is 23.2 Å². The van der Waals surface area contributed by atoms with Crippen molar-refractivity contribution in [3.63, 3.8) is 0 Å². The third kappa shape index (κ3) is 4.29. The normalized spacial score (nSPS) is 10.3. The van der Waals surface area contributed by atoms with Crippen LogP contribution in [0.2, 0.25) is 5.02 Å². The fraction of sp³-hybridized carbons (Fsp3) is 0.105. The van der Waals surface area contributed by atoms with Crippen molar-refractivity contribution in [1.82, 2.24) is 10.2 Å². The van der Waals surface area contributed by atoms with Crippen molar-refractivity contribution in [3.8, 4) is 5.75 Å². The molecule has 0 aliphatic carbocycles. The highest BCUT2D eigenvalue weighted by atomic mass is 35.5. The van der Waals surface area contributed by atoms with Gasteiger partial charge in [-0.3, -0.25) is 4.79 Å². The van der Waals surface area contributed by atoms with Gasteiger partial charge in [0.15, 0.2) is 11.6 Å². The molecule has 3 rings (SSSR count). The molecule has 0 bridgehead atoms. The van der Waals surface area contributed by atoms with Crippen molar-refractivity contribution in [2.75, 3.05) is 17.7 Å². The number of hydrogen-bond donors (Lipinski definition) is 2. The number of carbonyl (C=O) groups is 1. The molecule has 0 saturated heterocycles. The Morgan fingerprint density at radius 2 is 1.69 bits per heavy atom. The fourth-order valence-corrected chi connectivity index (χ4v) is 2.45. The maximum atomic E-state index is 12.2. The molecule has 0 aliphatic heterocycles. The molecule has 6 nitrogen and oxygen atoms in total. The van der Waals surface area contributed by atoms with Gasteiger partial charge < -0.3 is 15.4 Å². The van der Waals surface area contributed by atoms with Crippen molar-refractivity contribution in [2.45, 2.75) is 6.92 Å². The number of nitrogens with zero attached hydrogens (tertiary/aromatic N) is 2. The lowest BCUT2D eigenvalue weighted by molar-refractivity contribution is 0.102. The number of aryl methyl sites for hydroxylation is 1. The Kier molecular flexibility index (Phi) is 5.34. The number of ether oxygens (including phenoxy) is 1. The van der Waals surface area contributed by atoms with Gasteiger partial charge in [-0.05, 0) is 49.4 Å². The first kappa shape index (κ1) is 17.7. The van der Waals surface area contributed by atoms with E-state index in [-0.39, 0.29) is 5.91 Å². The molecule has 26 heavy (non-hydrogen) atoms. The van der Waals surface area contributed by atoms with Gasteiger partial charge in [0.1, 0.15) is 5.75 Å². The van der Waals surface area contributed by atoms with Gasteiger partial charge in [-0.2, -0.15) is 0 Å². The van der Waals surface area contributed by atoms with E-state index in [9.17, 15) is 4.79 Å². The molecule has 0 aliphatic rings. The predicted molar refractivity (Wildman–Crippen MR) is 102 cm³/mol. The highest BCUT2D eigenvalue weighted by Gasteiger charge is 2.08. The Labute approximate surface area is 156 Å². The minimum atomic E-state index is -0.239. The Hall–Kier alpha value is -3.12. The highest BCUT2D eigenvalue weighted by Crippen LogP contribution is 2.29. The lowest BCUT2D eigenvalue weighted by atomic mass is 10.1. The first-order valence-corrected chi connectivity index (χ1v) is 8.25. The van der Waals surface area contributed by atoms with Crippen molar-refractivity contribution in [2.24, 2.45) is 0 Å². The Bertz CT molecular complexity index is 912. The maximum Gasteiger partial charge on any atom is 0.256 e. The standard InChI is InChI=1S/C19H17ClN4O2/c1-12-3-5-13(6-4-12)19(25)22-18-10-9-17(23-24-18)21-15-11-14(20)7-8-16(15)26-2/h3-11H,1-2H3,(H,21,23)(H,22,24,25). The van der Waals surface area contributed by atoms with E-state index in [1.165, 1.54) is 0 Å². The average Bonchev–Trinajstić information content (AvgIpc) is 2.64. The fourth-order valence-electron chi connectivity index (χ4n) is 2.27. The summed E-state index contributed by atoms with van der Waals surface area (Å²) in [5, 5.41) is 14.5. The van der Waals surface area contributed by atoms with Gasteiger partial charge in [0.05, 0.1) is 12.8 Å². The highest BCUT2D eigenvalue weighted by molar-refractivity contribution is 6.31. The quantitative estimate of drug-likeness (QED) is 0.696. The van der Waals surface area contributed by atoms with E-state index >= 15 is 0 Å². The van der Waals surface area contributed by atoms with Crippen LogP contribution in [0.25, 0.3) is 0 Å². The predicted octanol–water partition coefficient (Wildman–Crippen LogP) is 4.44. The van der Waals surface area contributed by atoms with Gasteiger partial charge in [-0.1, -0.05) is 29.3 Å². The number of aromatic nitrogens is 2. The van der Waals surface area contributed by atoms with Gasteiger partial charge in [0, 0.05) is 10.6 Å². The molecule has 0 saturated carbocycles. The Morgan fingerprint density at radius 1 is 1.00 bits per heavy atom. The molecule has 0 radical (unpaired) electrons. The van der Waals surface area contributed by atoms with Crippen LogP contribution in [0.15, 0.2) is 54.6 Å². The first-order chi connectivity index (χ1) is 12.5. The second-order valence-electron chi connectivity index (χ2n) is 5.59. The van der Waals surface area contributed by atoms with Gasteiger partial charge in [0.2, 0.25) is 0 Å². The summed E-state index contributed by atoms with van der Waals surface area (Å²) < 4.78 is 5.28. The molecule has 1 amide bonds. The van der Waals surface area contributed by atoms with E-state index in [0.29, 0.717) is 33.7 Å². The molecular formula is C19H17ClN4O2. The zero-order valence-electron chi connectivity index (χ0n) is 14.3. The van der Waals surface area contributed by atoms with Crippen molar-refractivity contribution >= 4 is 34.8 Å². The largest absolute Gasteiger partial charge is 0.495 e. The topological polar surface area (TPSA) is 76.1 Å². The second-order valence-corrected chi connectivity index (χ2v) is 6.03. The number of nitrogens with one attached hydrogen (secondary N) is 2. The average molecular weight is 369 g/mol. The molecular weight excluding hydrogens is 352 g/mol. The summed E-state index contributed by atoms with van der Waals surface area (Å²) in [7, 11) is 1.57. The van der Waals surface area contributed by atoms with Gasteiger partial charge in [0.25, 0.3) is 5.91 Å². The Morgan fingerprint density at radius 3 is 2.35 bits per heavy atom. The van der Waals surface area contributed by atoms with Crippen LogP contribution >= 0.6 is 11.6 Å². The molecule has 1 heterocycles. The smallest absolute Gasteiger partial charge is 0.256 e. The second kappa shape index (κ2) is 7.84. The number of halogens is 1. The van der Waals surface area contributed by atoms with E-state index in [4.69, 9.17) is 16.3 Å². The molecule has 0 spiro atoms. The van der Waals surface area contributed by atoms with E-state index < -0.39 is 0 Å². The summed E-state index contributed by atoms with van der Waals surface area (Å²) in [6, 6.07) is 15.9. The molecule has 0 unspecified atom stereocenters. The number of methoxy groups -OCH3 is 1. The van der Waals surface area contributed by atoms with E-state index in [0.717, 1.165) is 5.56 Å². The van der Waals surface area contributed by atoms with E-state index in [1.54, 1.807) is 49.6 Å². The number of carbonyl (C=O) groups excluding carboxylic acids is 1. The van der Waals surface area contributed by atoms with Crippen LogP contribution in [0.4, 0.5) is 17.3 Å². The van der Waals surface area contributed by atoms with Gasteiger partial charge in [-0.15, -0.1) is 10.2 Å². The monoisotopic (exact) mass is 368 g/mol. The summed E-state index contributed by atoms with van der Waals surface area (Å²) in [5.41, 5.74) is 2.32. The summed E-state index contributed by atoms with van der Waals surface area (Å²) in [6.45, 7) is 1.97. The number of benzene rings is 2. The summed E-state index contributed by atoms with van der Waals surface area (Å²) in [4.78, 5) is 12.2. The van der Waals surface area contributed by atoms with Crippen LogP contribution in [0.5, 0.6) is 5.75 Å². The molecule has 3 aromatic rings. The lowest BCUT2D eigenvalue weighted by Gasteiger charge is -2.11. The first-order valence-electron chi connectivity index (χ1n) is 7.87. The summed E-state index contributed by atoms with van der Waals surface area (Å²) >= 11 is 6.01. The molecule has 0 atom stereocenters. The third-order valence-electron chi connectivity index (χ3n) is 3.64. The van der Waals surface area contributed by atoms with Crippen molar-refractivity contribution < 1.29 is 9.53 Å². The third-order valence-corrected chi connectivity index (χ3v) is 3.88. The van der Waals surface area contributed by atoms with Crippen LogP contribution in [0.1, 0.15) is 15.9 Å². The van der Waals surface area contributed by atoms with Gasteiger partial charge in [-0.25, -0.2) is 0 Å². The lowest BCUT2D eigenvalue weighted by Crippen LogP contribution is -2.13.